The van der Waals surface area contributed by atoms with Crippen LogP contribution in [0, 0.1) is 0 Å². The summed E-state index contributed by atoms with van der Waals surface area (Å²) < 4.78 is 0. The van der Waals surface area contributed by atoms with E-state index in [9.17, 15) is 0 Å². The van der Waals surface area contributed by atoms with Crippen LogP contribution in [0.2, 0.25) is 19.5 Å². The third-order valence-corrected chi connectivity index (χ3v) is 2.59. The lowest BCUT2D eigenvalue weighted by Crippen LogP contribution is -2.14. The van der Waals surface area contributed by atoms with Gasteiger partial charge in [-0.05, 0) is 0 Å². The van der Waals surface area contributed by atoms with Crippen LogP contribution in [0.5, 0.6) is 0 Å². The second kappa shape index (κ2) is 43.0. The quantitative estimate of drug-likeness (QED) is 0.422. The van der Waals surface area contributed by atoms with E-state index in [1.807, 2.05) is 69.2 Å². The summed E-state index contributed by atoms with van der Waals surface area (Å²) in [5.74, 6) is 1.05. The number of rotatable bonds is 1. The smallest absolute Gasteiger partial charge is 0.0861 e. The maximum absolute atomic E-state index is 2.36. The molecule has 122 valence electrons. The molecule has 0 saturated heterocycles. The van der Waals surface area contributed by atoms with Crippen molar-refractivity contribution in [3.8, 4) is 0 Å². The molecule has 0 atom stereocenters. The van der Waals surface area contributed by atoms with Crippen LogP contribution in [0.25, 0.3) is 0 Å². The third kappa shape index (κ3) is 32.0. The Bertz CT molecular complexity index is 73.8. The molecule has 1 rings (SSSR count). The van der Waals surface area contributed by atoms with E-state index in [1.165, 1.54) is 32.1 Å². The van der Waals surface area contributed by atoms with Crippen molar-refractivity contribution in [3.63, 3.8) is 0 Å². The van der Waals surface area contributed by atoms with E-state index in [-0.39, 0.29) is 0 Å². The Morgan fingerprint density at radius 2 is 0.789 bits per heavy atom. The standard InChI is InChI=1S/C8H17B.5C2H6/c1-9(2)8-6-4-3-5-7-8;5*1-2/h8H,3-7H2,1-2H3;5*1-2H3. The van der Waals surface area contributed by atoms with Crippen molar-refractivity contribution in [2.45, 2.75) is 121 Å². The molecule has 0 radical (unpaired) electrons. The van der Waals surface area contributed by atoms with Gasteiger partial charge >= 0.3 is 0 Å². The molecule has 19 heavy (non-hydrogen) atoms. The van der Waals surface area contributed by atoms with Crippen LogP contribution in [-0.4, -0.2) is 6.71 Å². The minimum Gasteiger partial charge on any atom is -0.0861 e. The highest BCUT2D eigenvalue weighted by atomic mass is 14.1. The zero-order chi connectivity index (χ0) is 16.7. The van der Waals surface area contributed by atoms with Crippen LogP contribution in [-0.2, 0) is 0 Å². The molecular formula is C18H47B. The molecule has 0 aliphatic heterocycles. The van der Waals surface area contributed by atoms with Gasteiger partial charge in [0, 0.05) is 0 Å². The zero-order valence-electron chi connectivity index (χ0n) is 16.7. The lowest BCUT2D eigenvalue weighted by atomic mass is 9.42. The normalized spacial score (nSPS) is 12.0. The van der Waals surface area contributed by atoms with Gasteiger partial charge < -0.3 is 0 Å². The summed E-state index contributed by atoms with van der Waals surface area (Å²) in [5.41, 5.74) is 0. The van der Waals surface area contributed by atoms with E-state index in [2.05, 4.69) is 13.6 Å². The number of hydrogen-bond acceptors (Lipinski definition) is 0. The largest absolute Gasteiger partial charge is 0.136 e. The maximum Gasteiger partial charge on any atom is 0.136 e. The lowest BCUT2D eigenvalue weighted by molar-refractivity contribution is 0.497. The second-order valence-corrected chi connectivity index (χ2v) is 3.64. The van der Waals surface area contributed by atoms with Crippen LogP contribution in [0.15, 0.2) is 0 Å². The second-order valence-electron chi connectivity index (χ2n) is 3.64. The average Bonchev–Trinajstić information content (AvgIpc) is 2.57. The highest BCUT2D eigenvalue weighted by Gasteiger charge is 2.17. The molecule has 0 unspecified atom stereocenters. The minimum atomic E-state index is 0.935. The minimum absolute atomic E-state index is 0.935. The van der Waals surface area contributed by atoms with Gasteiger partial charge in [-0.1, -0.05) is 121 Å². The van der Waals surface area contributed by atoms with E-state index < -0.39 is 0 Å². The summed E-state index contributed by atoms with van der Waals surface area (Å²) in [6, 6.07) is 0. The molecule has 0 aromatic rings. The lowest BCUT2D eigenvalue weighted by Gasteiger charge is -2.22. The van der Waals surface area contributed by atoms with Gasteiger partial charge in [0.05, 0.1) is 0 Å². The molecule has 1 heteroatoms. The van der Waals surface area contributed by atoms with E-state index in [0.29, 0.717) is 0 Å². The number of hydrogen-bond donors (Lipinski definition) is 0. The van der Waals surface area contributed by atoms with E-state index in [4.69, 9.17) is 0 Å². The SMILES string of the molecule is CB(C)C1CCCCC1.CC.CC.CC.CC.CC. The average molecular weight is 274 g/mol. The van der Waals surface area contributed by atoms with Crippen molar-refractivity contribution in [1.29, 1.82) is 0 Å². The van der Waals surface area contributed by atoms with Crippen LogP contribution < -0.4 is 0 Å². The first kappa shape index (κ1) is 31.5. The zero-order valence-corrected chi connectivity index (χ0v) is 16.7. The van der Waals surface area contributed by atoms with Gasteiger partial charge in [0.2, 0.25) is 0 Å². The van der Waals surface area contributed by atoms with Crippen LogP contribution in [0.1, 0.15) is 101 Å². The fourth-order valence-electron chi connectivity index (χ4n) is 1.80. The molecule has 1 saturated carbocycles. The first-order chi connectivity index (χ1) is 9.30. The molecule has 0 aromatic heterocycles. The molecule has 0 nitrogen and oxygen atoms in total. The van der Waals surface area contributed by atoms with Gasteiger partial charge in [-0.25, -0.2) is 0 Å². The molecule has 0 heterocycles. The van der Waals surface area contributed by atoms with Gasteiger partial charge in [0.25, 0.3) is 0 Å². The fourth-order valence-corrected chi connectivity index (χ4v) is 1.80. The van der Waals surface area contributed by atoms with E-state index in [1.54, 1.807) is 0 Å². The van der Waals surface area contributed by atoms with Crippen molar-refractivity contribution in [3.05, 3.63) is 0 Å². The van der Waals surface area contributed by atoms with Gasteiger partial charge in [0.1, 0.15) is 6.71 Å². The summed E-state index contributed by atoms with van der Waals surface area (Å²) in [4.78, 5) is 0. The Morgan fingerprint density at radius 3 is 0.947 bits per heavy atom. The Labute approximate surface area is 128 Å². The van der Waals surface area contributed by atoms with Gasteiger partial charge in [-0.3, -0.25) is 0 Å². The Hall–Kier alpha value is 0.0649. The van der Waals surface area contributed by atoms with Crippen LogP contribution >= 0.6 is 0 Å². The monoisotopic (exact) mass is 274 g/mol. The molecule has 1 fully saturated rings. The summed E-state index contributed by atoms with van der Waals surface area (Å²) in [6.45, 7) is 25.6. The summed E-state index contributed by atoms with van der Waals surface area (Å²) in [5, 5.41) is 0. The Balaban J connectivity index is -0.0000000557. The van der Waals surface area contributed by atoms with Crippen molar-refractivity contribution in [2.24, 2.45) is 0 Å². The van der Waals surface area contributed by atoms with E-state index in [0.717, 1.165) is 12.5 Å². The van der Waals surface area contributed by atoms with Crippen molar-refractivity contribution in [2.75, 3.05) is 0 Å². The predicted octanol–water partition coefficient (Wildman–Crippen LogP) is 8.21. The third-order valence-electron chi connectivity index (χ3n) is 2.59. The van der Waals surface area contributed by atoms with Gasteiger partial charge in [-0.15, -0.1) is 0 Å². The highest BCUT2D eigenvalue weighted by molar-refractivity contribution is 6.57. The highest BCUT2D eigenvalue weighted by Crippen LogP contribution is 2.30. The molecule has 1 aliphatic carbocycles. The molecule has 0 spiro atoms. The van der Waals surface area contributed by atoms with Crippen LogP contribution in [0.3, 0.4) is 0 Å². The fraction of sp³-hybridized carbons (Fsp3) is 1.00. The first-order valence-corrected chi connectivity index (χ1v) is 9.30. The molecule has 0 amide bonds. The Kier molecular flexibility index (Phi) is 71.1. The van der Waals surface area contributed by atoms with Crippen LogP contribution in [0.4, 0.5) is 0 Å². The molecule has 0 N–H and O–H groups in total. The predicted molar refractivity (Wildman–Crippen MR) is 101 cm³/mol. The molecule has 1 aliphatic rings. The summed E-state index contributed by atoms with van der Waals surface area (Å²) in [7, 11) is 0. The van der Waals surface area contributed by atoms with E-state index >= 15 is 0 Å². The maximum atomic E-state index is 2.36. The Morgan fingerprint density at radius 1 is 0.526 bits per heavy atom. The first-order valence-electron chi connectivity index (χ1n) is 9.30. The van der Waals surface area contributed by atoms with Gasteiger partial charge in [-0.2, -0.15) is 0 Å². The molecule has 0 aromatic carbocycles. The van der Waals surface area contributed by atoms with Gasteiger partial charge in [0.15, 0.2) is 0 Å². The molecular weight excluding hydrogens is 227 g/mol. The summed E-state index contributed by atoms with van der Waals surface area (Å²) in [6.07, 6.45) is 7.46. The van der Waals surface area contributed by atoms with Crippen molar-refractivity contribution >= 4 is 6.71 Å². The summed E-state index contributed by atoms with van der Waals surface area (Å²) >= 11 is 0. The topological polar surface area (TPSA) is 0 Å². The van der Waals surface area contributed by atoms with Crippen molar-refractivity contribution in [1.82, 2.24) is 0 Å². The van der Waals surface area contributed by atoms with Crippen molar-refractivity contribution < 1.29 is 0 Å². The molecule has 0 bridgehead atoms.